The van der Waals surface area contributed by atoms with Crippen LogP contribution in [0.15, 0.2) is 6.07 Å². The number of piperidine rings is 1. The minimum atomic E-state index is -0.348. The summed E-state index contributed by atoms with van der Waals surface area (Å²) < 4.78 is 5.07. The summed E-state index contributed by atoms with van der Waals surface area (Å²) in [6.07, 6.45) is 2.38. The molecule has 0 aromatic carbocycles. The summed E-state index contributed by atoms with van der Waals surface area (Å²) in [6, 6.07) is 2.14. The fourth-order valence-corrected chi connectivity index (χ4v) is 4.32. The second-order valence-electron chi connectivity index (χ2n) is 5.58. The first-order valence-electron chi connectivity index (χ1n) is 7.34. The summed E-state index contributed by atoms with van der Waals surface area (Å²) in [6.45, 7) is 4.32. The number of pyridine rings is 1. The van der Waals surface area contributed by atoms with Gasteiger partial charge in [0.2, 0.25) is 0 Å². The lowest BCUT2D eigenvalue weighted by Crippen LogP contribution is -2.39. The van der Waals surface area contributed by atoms with Crippen molar-refractivity contribution in [1.82, 2.24) is 4.98 Å². The molecule has 6 heteroatoms. The van der Waals surface area contributed by atoms with Crippen LogP contribution in [0, 0.1) is 0 Å². The molecule has 2 aromatic heterocycles. The highest BCUT2D eigenvalue weighted by Gasteiger charge is 2.33. The average Bonchev–Trinajstić information content (AvgIpc) is 2.84. The number of rotatable bonds is 2. The van der Waals surface area contributed by atoms with Gasteiger partial charge in [-0.15, -0.1) is 11.3 Å². The number of thiophene rings is 1. The molecule has 3 aliphatic heterocycles. The number of anilines is 2. The monoisotopic (exact) mass is 303 g/mol. The third kappa shape index (κ3) is 1.82. The van der Waals surface area contributed by atoms with E-state index in [9.17, 15) is 4.79 Å². The highest BCUT2D eigenvalue weighted by Crippen LogP contribution is 2.45. The molecule has 5 heterocycles. The van der Waals surface area contributed by atoms with Crippen molar-refractivity contribution in [3.05, 3.63) is 16.5 Å². The minimum absolute atomic E-state index is 0.348. The normalized spacial score (nSPS) is 17.3. The molecule has 110 valence electrons. The first kappa shape index (κ1) is 12.9. The van der Waals surface area contributed by atoms with Gasteiger partial charge >= 0.3 is 5.97 Å². The van der Waals surface area contributed by atoms with E-state index in [0.717, 1.165) is 29.1 Å². The number of ether oxygens (including phenoxy) is 1. The Morgan fingerprint density at radius 2 is 2.29 bits per heavy atom. The molecular weight excluding hydrogens is 286 g/mol. The van der Waals surface area contributed by atoms with E-state index in [4.69, 9.17) is 15.5 Å². The highest BCUT2D eigenvalue weighted by molar-refractivity contribution is 7.21. The number of fused-ring (bicyclic) bond motifs is 3. The Morgan fingerprint density at radius 1 is 1.52 bits per heavy atom. The molecule has 0 saturated carbocycles. The van der Waals surface area contributed by atoms with E-state index in [1.165, 1.54) is 29.7 Å². The summed E-state index contributed by atoms with van der Waals surface area (Å²) >= 11 is 1.33. The number of carbonyl (C=O) groups excluding carboxylic acids is 1. The van der Waals surface area contributed by atoms with Gasteiger partial charge in [0.15, 0.2) is 0 Å². The Labute approximate surface area is 126 Å². The van der Waals surface area contributed by atoms with Crippen LogP contribution in [-0.2, 0) is 4.74 Å². The molecule has 21 heavy (non-hydrogen) atoms. The maximum absolute atomic E-state index is 12.0. The first-order valence-corrected chi connectivity index (χ1v) is 8.15. The fraction of sp³-hybridized carbons (Fsp3) is 0.467. The van der Waals surface area contributed by atoms with E-state index in [1.807, 2.05) is 0 Å². The van der Waals surface area contributed by atoms with Gasteiger partial charge in [-0.1, -0.05) is 0 Å². The van der Waals surface area contributed by atoms with Gasteiger partial charge in [-0.25, -0.2) is 9.78 Å². The zero-order valence-electron chi connectivity index (χ0n) is 11.9. The van der Waals surface area contributed by atoms with Crippen LogP contribution in [0.1, 0.15) is 40.9 Å². The number of nitrogens with zero attached hydrogens (tertiary/aromatic N) is 2. The van der Waals surface area contributed by atoms with Crippen LogP contribution in [-0.4, -0.2) is 30.6 Å². The lowest BCUT2D eigenvalue weighted by Gasteiger charge is -2.41. The van der Waals surface area contributed by atoms with E-state index in [1.54, 1.807) is 6.92 Å². The third-order valence-corrected chi connectivity index (χ3v) is 5.52. The molecule has 1 saturated heterocycles. The number of nitrogen functional groups attached to an aromatic ring is 1. The Balaban J connectivity index is 1.88. The SMILES string of the molecule is CCOC(=O)c1sc2nc3c(cc2c1N)C1CCN3CC1. The molecule has 2 bridgehead atoms. The zero-order chi connectivity index (χ0) is 14.6. The number of esters is 1. The summed E-state index contributed by atoms with van der Waals surface area (Å²) in [4.78, 5) is 20.4. The molecule has 1 fully saturated rings. The van der Waals surface area contributed by atoms with Gasteiger partial charge in [0.25, 0.3) is 0 Å². The smallest absolute Gasteiger partial charge is 0.350 e. The van der Waals surface area contributed by atoms with Gasteiger partial charge in [0.1, 0.15) is 15.5 Å². The molecule has 2 aromatic rings. The Morgan fingerprint density at radius 3 is 3.00 bits per heavy atom. The van der Waals surface area contributed by atoms with Gasteiger partial charge in [-0.3, -0.25) is 0 Å². The lowest BCUT2D eigenvalue weighted by molar-refractivity contribution is 0.0533. The minimum Gasteiger partial charge on any atom is -0.462 e. The standard InChI is InChI=1S/C15H17N3O2S/c1-2-20-15(19)12-11(16)10-7-9-8-3-5-18(6-4-8)13(9)17-14(10)21-12/h7-8H,2-6,16H2,1H3. The van der Waals surface area contributed by atoms with Crippen molar-refractivity contribution in [3.8, 4) is 0 Å². The molecular formula is C15H17N3O2S. The molecule has 3 aliphatic rings. The molecule has 5 rings (SSSR count). The topological polar surface area (TPSA) is 68.4 Å². The molecule has 0 amide bonds. The molecule has 5 nitrogen and oxygen atoms in total. The molecule has 0 radical (unpaired) electrons. The quantitative estimate of drug-likeness (QED) is 0.864. The van der Waals surface area contributed by atoms with Crippen LogP contribution in [0.5, 0.6) is 0 Å². The van der Waals surface area contributed by atoms with E-state index in [0.29, 0.717) is 23.1 Å². The number of aromatic nitrogens is 1. The average molecular weight is 303 g/mol. The van der Waals surface area contributed by atoms with E-state index in [2.05, 4.69) is 11.0 Å². The van der Waals surface area contributed by atoms with Crippen LogP contribution in [0.3, 0.4) is 0 Å². The molecule has 0 aliphatic carbocycles. The van der Waals surface area contributed by atoms with Crippen LogP contribution in [0.4, 0.5) is 11.5 Å². The maximum atomic E-state index is 12.0. The molecule has 0 atom stereocenters. The molecule has 0 unspecified atom stereocenters. The van der Waals surface area contributed by atoms with Crippen molar-refractivity contribution in [3.63, 3.8) is 0 Å². The second kappa shape index (κ2) is 4.59. The summed E-state index contributed by atoms with van der Waals surface area (Å²) in [5.41, 5.74) is 7.96. The van der Waals surface area contributed by atoms with Gasteiger partial charge in [-0.2, -0.15) is 0 Å². The number of carbonyl (C=O) groups is 1. The van der Waals surface area contributed by atoms with Crippen LogP contribution >= 0.6 is 11.3 Å². The van der Waals surface area contributed by atoms with Crippen molar-refractivity contribution in [2.45, 2.75) is 25.7 Å². The van der Waals surface area contributed by atoms with Crippen molar-refractivity contribution in [2.75, 3.05) is 30.3 Å². The lowest BCUT2D eigenvalue weighted by atomic mass is 9.84. The molecule has 0 spiro atoms. The van der Waals surface area contributed by atoms with Gasteiger partial charge in [-0.05, 0) is 37.3 Å². The van der Waals surface area contributed by atoms with Crippen molar-refractivity contribution >= 4 is 39.0 Å². The van der Waals surface area contributed by atoms with Crippen LogP contribution in [0.25, 0.3) is 10.2 Å². The number of hydrogen-bond donors (Lipinski definition) is 1. The van der Waals surface area contributed by atoms with Gasteiger partial charge in [0.05, 0.1) is 12.3 Å². The Kier molecular flexibility index (Phi) is 2.82. The summed E-state index contributed by atoms with van der Waals surface area (Å²) in [5.74, 6) is 1.33. The summed E-state index contributed by atoms with van der Waals surface area (Å²) in [7, 11) is 0. The maximum Gasteiger partial charge on any atom is 0.350 e. The summed E-state index contributed by atoms with van der Waals surface area (Å²) in [5, 5.41) is 0.899. The van der Waals surface area contributed by atoms with Gasteiger partial charge in [0, 0.05) is 18.5 Å². The van der Waals surface area contributed by atoms with Crippen molar-refractivity contribution < 1.29 is 9.53 Å². The largest absolute Gasteiger partial charge is 0.462 e. The second-order valence-corrected chi connectivity index (χ2v) is 6.58. The number of hydrogen-bond acceptors (Lipinski definition) is 6. The Hall–Kier alpha value is -1.82. The molecule has 2 N–H and O–H groups in total. The van der Waals surface area contributed by atoms with E-state index < -0.39 is 0 Å². The van der Waals surface area contributed by atoms with Crippen molar-refractivity contribution in [1.29, 1.82) is 0 Å². The fourth-order valence-electron chi connectivity index (χ4n) is 3.35. The van der Waals surface area contributed by atoms with E-state index in [-0.39, 0.29) is 5.97 Å². The van der Waals surface area contributed by atoms with E-state index >= 15 is 0 Å². The highest BCUT2D eigenvalue weighted by atomic mass is 32.1. The third-order valence-electron chi connectivity index (χ3n) is 4.42. The van der Waals surface area contributed by atoms with Crippen molar-refractivity contribution in [2.24, 2.45) is 0 Å². The predicted molar refractivity (Wildman–Crippen MR) is 84.2 cm³/mol. The van der Waals surface area contributed by atoms with Gasteiger partial charge < -0.3 is 15.4 Å². The zero-order valence-corrected chi connectivity index (χ0v) is 12.7. The van der Waals surface area contributed by atoms with Crippen LogP contribution in [0.2, 0.25) is 0 Å². The number of nitrogens with two attached hydrogens (primary N) is 1. The predicted octanol–water partition coefficient (Wildman–Crippen LogP) is 2.75. The Bertz CT molecular complexity index is 732. The first-order chi connectivity index (χ1) is 10.2. The van der Waals surface area contributed by atoms with Crippen LogP contribution < -0.4 is 10.6 Å².